The highest BCUT2D eigenvalue weighted by Gasteiger charge is 2.39. The molecule has 0 amide bonds. The molecule has 0 radical (unpaired) electrons. The molecular formula is C21H28Br2O5S. The van der Waals surface area contributed by atoms with Gasteiger partial charge in [-0.05, 0) is 75.9 Å². The van der Waals surface area contributed by atoms with Crippen LogP contribution in [0.3, 0.4) is 0 Å². The van der Waals surface area contributed by atoms with E-state index in [1.807, 2.05) is 24.3 Å². The van der Waals surface area contributed by atoms with Crippen LogP contribution in [0.1, 0.15) is 43.4 Å². The predicted molar refractivity (Wildman–Crippen MR) is 122 cm³/mol. The van der Waals surface area contributed by atoms with Crippen LogP contribution in [-0.2, 0) is 11.2 Å². The number of hydrogen-bond donors (Lipinski definition) is 4. The van der Waals surface area contributed by atoms with E-state index >= 15 is 0 Å². The molecule has 1 aliphatic carbocycles. The molecule has 0 bridgehead atoms. The van der Waals surface area contributed by atoms with Crippen LogP contribution in [-0.4, -0.2) is 44.7 Å². The molecule has 0 aliphatic heterocycles. The van der Waals surface area contributed by atoms with Crippen molar-refractivity contribution >= 4 is 49.2 Å². The van der Waals surface area contributed by atoms with Crippen molar-refractivity contribution in [2.45, 2.75) is 63.3 Å². The lowest BCUT2D eigenvalue weighted by Crippen LogP contribution is -2.20. The van der Waals surface area contributed by atoms with E-state index in [0.29, 0.717) is 32.1 Å². The number of aliphatic hydroxyl groups is 3. The summed E-state index contributed by atoms with van der Waals surface area (Å²) in [5, 5.41) is 39.5. The smallest absolute Gasteiger partial charge is 0.303 e. The number of carboxylic acids is 1. The van der Waals surface area contributed by atoms with Crippen molar-refractivity contribution in [2.24, 2.45) is 11.8 Å². The molecule has 8 heteroatoms. The summed E-state index contributed by atoms with van der Waals surface area (Å²) < 4.78 is 2.06. The molecule has 1 heterocycles. The van der Waals surface area contributed by atoms with Crippen LogP contribution in [0.5, 0.6) is 0 Å². The van der Waals surface area contributed by atoms with E-state index in [4.69, 9.17) is 5.11 Å². The Morgan fingerprint density at radius 1 is 1.28 bits per heavy atom. The van der Waals surface area contributed by atoms with Gasteiger partial charge in [-0.15, -0.1) is 11.3 Å². The SMILES string of the molecule is O=C(O)CCCC=CC[C@H]1C(O)CC(O)C1C=CC(O)CCc1cc(Br)c(Br)s1. The quantitative estimate of drug-likeness (QED) is 0.236. The average Bonchev–Trinajstić information content (AvgIpc) is 3.11. The van der Waals surface area contributed by atoms with Crippen molar-refractivity contribution in [1.82, 2.24) is 0 Å². The lowest BCUT2D eigenvalue weighted by atomic mass is 9.89. The maximum Gasteiger partial charge on any atom is 0.303 e. The summed E-state index contributed by atoms with van der Waals surface area (Å²) in [5.41, 5.74) is 0. The van der Waals surface area contributed by atoms with E-state index in [1.165, 1.54) is 4.88 Å². The van der Waals surface area contributed by atoms with E-state index in [1.54, 1.807) is 17.4 Å². The molecule has 5 atom stereocenters. The molecule has 0 aromatic carbocycles. The summed E-state index contributed by atoms with van der Waals surface area (Å²) in [4.78, 5) is 11.7. The number of aryl methyl sites for hydroxylation is 1. The Labute approximate surface area is 192 Å². The summed E-state index contributed by atoms with van der Waals surface area (Å²) in [7, 11) is 0. The van der Waals surface area contributed by atoms with E-state index in [-0.39, 0.29) is 18.3 Å². The lowest BCUT2D eigenvalue weighted by molar-refractivity contribution is -0.137. The third-order valence-corrected chi connectivity index (χ3v) is 8.51. The number of aliphatic hydroxyl groups excluding tert-OH is 3. The van der Waals surface area contributed by atoms with Gasteiger partial charge in [0.1, 0.15) is 0 Å². The molecule has 5 nitrogen and oxygen atoms in total. The summed E-state index contributed by atoms with van der Waals surface area (Å²) >= 11 is 8.57. The van der Waals surface area contributed by atoms with Crippen molar-refractivity contribution in [3.05, 3.63) is 43.5 Å². The fourth-order valence-corrected chi connectivity index (χ4v) is 5.80. The Kier molecular flexibility index (Phi) is 10.6. The van der Waals surface area contributed by atoms with Gasteiger partial charge in [0.05, 0.1) is 22.1 Å². The molecule has 1 saturated carbocycles. The Hall–Kier alpha value is -0.510. The number of rotatable bonds is 11. The van der Waals surface area contributed by atoms with Crippen LogP contribution in [0.15, 0.2) is 38.6 Å². The van der Waals surface area contributed by atoms with Gasteiger partial charge in [0, 0.05) is 28.1 Å². The summed E-state index contributed by atoms with van der Waals surface area (Å²) in [6.45, 7) is 0. The molecule has 2 rings (SSSR count). The lowest BCUT2D eigenvalue weighted by Gasteiger charge is -2.19. The first-order valence-corrected chi connectivity index (χ1v) is 12.2. The van der Waals surface area contributed by atoms with Gasteiger partial charge >= 0.3 is 5.97 Å². The zero-order chi connectivity index (χ0) is 21.4. The minimum atomic E-state index is -0.796. The minimum absolute atomic E-state index is 0.103. The van der Waals surface area contributed by atoms with Crippen LogP contribution in [0, 0.1) is 11.8 Å². The van der Waals surface area contributed by atoms with Gasteiger partial charge in [0.2, 0.25) is 0 Å². The molecule has 0 saturated heterocycles. The van der Waals surface area contributed by atoms with Crippen molar-refractivity contribution < 1.29 is 25.2 Å². The standard InChI is InChI=1S/C21H28Br2O5S/c22-17-11-14(29-21(17)23)9-7-13(24)8-10-16-15(18(25)12-19(16)26)5-3-1-2-4-6-20(27)28/h1,3,8,10-11,13,15-16,18-19,24-26H,2,4-7,9,12H2,(H,27,28)/t13?,15-,16?,18?,19?/m1/s1. The number of thiophene rings is 1. The summed E-state index contributed by atoms with van der Waals surface area (Å²) in [6, 6.07) is 2.04. The number of carbonyl (C=O) groups is 1. The molecule has 1 aromatic rings. The second-order valence-corrected chi connectivity index (χ2v) is 10.7. The highest BCUT2D eigenvalue weighted by molar-refractivity contribution is 9.13. The van der Waals surface area contributed by atoms with Crippen molar-refractivity contribution in [3.63, 3.8) is 0 Å². The second kappa shape index (κ2) is 12.4. The molecule has 0 spiro atoms. The third-order valence-electron chi connectivity index (χ3n) is 5.19. The van der Waals surface area contributed by atoms with E-state index in [2.05, 4.69) is 31.9 Å². The maximum absolute atomic E-state index is 10.5. The number of halogens is 2. The first kappa shape index (κ1) is 24.8. The summed E-state index contributed by atoms with van der Waals surface area (Å²) in [5.74, 6) is -1.10. The third kappa shape index (κ3) is 8.26. The van der Waals surface area contributed by atoms with Crippen molar-refractivity contribution in [3.8, 4) is 0 Å². The zero-order valence-corrected chi connectivity index (χ0v) is 20.1. The molecule has 4 unspecified atom stereocenters. The van der Waals surface area contributed by atoms with E-state index < -0.39 is 24.3 Å². The van der Waals surface area contributed by atoms with Gasteiger partial charge in [-0.25, -0.2) is 0 Å². The van der Waals surface area contributed by atoms with Crippen LogP contribution < -0.4 is 0 Å². The van der Waals surface area contributed by atoms with Gasteiger partial charge in [0.15, 0.2) is 0 Å². The second-order valence-electron chi connectivity index (χ2n) is 7.43. The van der Waals surface area contributed by atoms with Crippen molar-refractivity contribution in [1.29, 1.82) is 0 Å². The topological polar surface area (TPSA) is 98.0 Å². The normalized spacial score (nSPS) is 26.0. The number of aliphatic carboxylic acids is 1. The number of hydrogen-bond acceptors (Lipinski definition) is 5. The zero-order valence-electron chi connectivity index (χ0n) is 16.1. The molecular weight excluding hydrogens is 524 g/mol. The van der Waals surface area contributed by atoms with Gasteiger partial charge in [-0.2, -0.15) is 0 Å². The van der Waals surface area contributed by atoms with Crippen LogP contribution in [0.2, 0.25) is 0 Å². The monoisotopic (exact) mass is 550 g/mol. The van der Waals surface area contributed by atoms with Crippen molar-refractivity contribution in [2.75, 3.05) is 0 Å². The molecule has 1 fully saturated rings. The summed E-state index contributed by atoms with van der Waals surface area (Å²) in [6.07, 6.45) is 9.39. The highest BCUT2D eigenvalue weighted by Crippen LogP contribution is 2.36. The molecule has 1 aromatic heterocycles. The molecule has 1 aliphatic rings. The Bertz CT molecular complexity index is 698. The Balaban J connectivity index is 1.83. The first-order valence-electron chi connectivity index (χ1n) is 9.81. The number of allylic oxidation sites excluding steroid dienone is 2. The minimum Gasteiger partial charge on any atom is -0.481 e. The Morgan fingerprint density at radius 2 is 2.03 bits per heavy atom. The van der Waals surface area contributed by atoms with E-state index in [0.717, 1.165) is 14.7 Å². The molecule has 29 heavy (non-hydrogen) atoms. The number of unbranched alkanes of at least 4 members (excludes halogenated alkanes) is 1. The number of carboxylic acid groups (broad SMARTS) is 1. The molecule has 162 valence electrons. The predicted octanol–water partition coefficient (Wildman–Crippen LogP) is 4.68. The Morgan fingerprint density at radius 3 is 2.69 bits per heavy atom. The van der Waals surface area contributed by atoms with Gasteiger partial charge < -0.3 is 20.4 Å². The largest absolute Gasteiger partial charge is 0.481 e. The fourth-order valence-electron chi connectivity index (χ4n) is 3.61. The fraction of sp³-hybridized carbons (Fsp3) is 0.571. The van der Waals surface area contributed by atoms with E-state index in [9.17, 15) is 20.1 Å². The average molecular weight is 552 g/mol. The van der Waals surface area contributed by atoms with Gasteiger partial charge in [-0.3, -0.25) is 4.79 Å². The van der Waals surface area contributed by atoms with Gasteiger partial charge in [0.25, 0.3) is 0 Å². The van der Waals surface area contributed by atoms with Crippen LogP contribution >= 0.6 is 43.2 Å². The van der Waals surface area contributed by atoms with Crippen LogP contribution in [0.25, 0.3) is 0 Å². The maximum atomic E-state index is 10.5. The van der Waals surface area contributed by atoms with Crippen LogP contribution in [0.4, 0.5) is 0 Å². The first-order chi connectivity index (χ1) is 13.8. The highest BCUT2D eigenvalue weighted by atomic mass is 79.9. The van der Waals surface area contributed by atoms with Gasteiger partial charge in [-0.1, -0.05) is 24.3 Å². The molecule has 4 N–H and O–H groups in total.